The molecule has 0 aliphatic carbocycles. The molecule has 4 rings (SSSR count). The molecule has 0 heterocycles. The molecule has 1 N–H and O–H groups in total. The first-order valence-corrected chi connectivity index (χ1v) is 14.9. The van der Waals surface area contributed by atoms with Crippen LogP contribution < -0.4 is 14.6 Å². The van der Waals surface area contributed by atoms with Crippen LogP contribution >= 0.6 is 27.5 Å². The van der Waals surface area contributed by atoms with Crippen molar-refractivity contribution in [1.29, 1.82) is 0 Å². The van der Waals surface area contributed by atoms with E-state index in [0.29, 0.717) is 21.8 Å². The number of hydrogen-bond acceptors (Lipinski definition) is 5. The summed E-state index contributed by atoms with van der Waals surface area (Å²) in [5.74, 6) is -0.383. The highest BCUT2D eigenvalue weighted by Gasteiger charge is 2.26. The third kappa shape index (κ3) is 6.91. The van der Waals surface area contributed by atoms with Gasteiger partial charge in [-0.2, -0.15) is 5.10 Å². The molecular formula is C30H28BrClN4O3S. The van der Waals surface area contributed by atoms with Crippen LogP contribution in [0.25, 0.3) is 0 Å². The lowest BCUT2D eigenvalue weighted by Gasteiger charge is -2.26. The zero-order chi connectivity index (χ0) is 28.9. The predicted octanol–water partition coefficient (Wildman–Crippen LogP) is 6.64. The number of carbonyl (C=O) groups is 1. The molecule has 40 heavy (non-hydrogen) atoms. The lowest BCUT2D eigenvalue weighted by molar-refractivity contribution is 0.0955. The Kier molecular flexibility index (Phi) is 9.29. The molecule has 0 fully saturated rings. The van der Waals surface area contributed by atoms with Crippen molar-refractivity contribution in [2.75, 3.05) is 23.3 Å². The zero-order valence-corrected chi connectivity index (χ0v) is 25.3. The SMILES string of the molecule is Cc1ccc(Cl)cc1N(Cc1ccc(C(=O)N/N=C\c2ccc(N(C)C)c(Br)c2)cc1)S(=O)(=O)c1ccccc1. The van der Waals surface area contributed by atoms with Crippen LogP contribution in [0.15, 0.2) is 105 Å². The van der Waals surface area contributed by atoms with Crippen molar-refractivity contribution >= 4 is 61.1 Å². The number of benzene rings is 4. The van der Waals surface area contributed by atoms with Gasteiger partial charge in [-0.25, -0.2) is 13.8 Å². The van der Waals surface area contributed by atoms with Gasteiger partial charge in [0.2, 0.25) is 0 Å². The first kappa shape index (κ1) is 29.3. The topological polar surface area (TPSA) is 82.1 Å². The second-order valence-corrected chi connectivity index (χ2v) is 12.4. The number of carbonyl (C=O) groups excluding carboxylic acids is 1. The fourth-order valence-electron chi connectivity index (χ4n) is 3.99. The number of sulfonamides is 1. The van der Waals surface area contributed by atoms with Gasteiger partial charge in [0.1, 0.15) is 0 Å². The van der Waals surface area contributed by atoms with Crippen LogP contribution in [0.1, 0.15) is 27.0 Å². The van der Waals surface area contributed by atoms with Crippen LogP contribution in [0, 0.1) is 6.92 Å². The van der Waals surface area contributed by atoms with Crippen LogP contribution in [0.5, 0.6) is 0 Å². The molecule has 0 spiro atoms. The maximum atomic E-state index is 13.7. The molecule has 206 valence electrons. The van der Waals surface area contributed by atoms with Gasteiger partial charge in [0.25, 0.3) is 15.9 Å². The van der Waals surface area contributed by atoms with Gasteiger partial charge in [0.05, 0.1) is 29.0 Å². The highest BCUT2D eigenvalue weighted by molar-refractivity contribution is 9.10. The Morgan fingerprint density at radius 2 is 1.65 bits per heavy atom. The van der Waals surface area contributed by atoms with Crippen molar-refractivity contribution in [2.45, 2.75) is 18.4 Å². The molecule has 0 radical (unpaired) electrons. The van der Waals surface area contributed by atoms with Crippen molar-refractivity contribution in [3.8, 4) is 0 Å². The van der Waals surface area contributed by atoms with Crippen molar-refractivity contribution in [3.63, 3.8) is 0 Å². The summed E-state index contributed by atoms with van der Waals surface area (Å²) in [5, 5.41) is 4.50. The second kappa shape index (κ2) is 12.7. The van der Waals surface area contributed by atoms with Gasteiger partial charge in [0.15, 0.2) is 0 Å². The van der Waals surface area contributed by atoms with E-state index in [1.807, 2.05) is 44.1 Å². The van der Waals surface area contributed by atoms with E-state index in [0.717, 1.165) is 21.3 Å². The van der Waals surface area contributed by atoms with Gasteiger partial charge in [-0.05, 0) is 88.1 Å². The van der Waals surface area contributed by atoms with Crippen molar-refractivity contribution in [1.82, 2.24) is 5.43 Å². The number of halogens is 2. The highest BCUT2D eigenvalue weighted by Crippen LogP contribution is 2.31. The third-order valence-electron chi connectivity index (χ3n) is 6.15. The summed E-state index contributed by atoms with van der Waals surface area (Å²) in [4.78, 5) is 14.8. The minimum absolute atomic E-state index is 0.0519. The number of hydrazone groups is 1. The molecule has 0 bridgehead atoms. The molecule has 0 saturated heterocycles. The molecule has 1 amide bonds. The monoisotopic (exact) mass is 638 g/mol. The number of anilines is 2. The summed E-state index contributed by atoms with van der Waals surface area (Å²) in [7, 11) is 0.0147. The van der Waals surface area contributed by atoms with E-state index in [1.165, 1.54) is 4.31 Å². The molecule has 0 unspecified atom stereocenters. The molecule has 7 nitrogen and oxygen atoms in total. The Balaban J connectivity index is 1.52. The van der Waals surface area contributed by atoms with Gasteiger partial charge in [-0.15, -0.1) is 0 Å². The standard InChI is InChI=1S/C30H28BrClN4O3S/c1-21-9-15-25(32)18-29(21)36(40(38,39)26-7-5-4-6-8-26)20-22-10-13-24(14-11-22)30(37)34-33-19-23-12-16-28(35(2)3)27(31)17-23/h4-19H,20H2,1-3H3,(H,34,37)/b33-19-. The summed E-state index contributed by atoms with van der Waals surface area (Å²) in [6.07, 6.45) is 1.57. The molecular weight excluding hydrogens is 612 g/mol. The summed E-state index contributed by atoms with van der Waals surface area (Å²) in [5.41, 5.74) is 6.72. The zero-order valence-electron chi connectivity index (χ0n) is 22.2. The van der Waals surface area contributed by atoms with Gasteiger partial charge < -0.3 is 4.90 Å². The molecule has 0 aliphatic rings. The summed E-state index contributed by atoms with van der Waals surface area (Å²) in [6.45, 7) is 1.89. The van der Waals surface area contributed by atoms with E-state index >= 15 is 0 Å². The Morgan fingerprint density at radius 3 is 2.30 bits per heavy atom. The molecule has 4 aromatic rings. The maximum absolute atomic E-state index is 13.7. The highest BCUT2D eigenvalue weighted by atomic mass is 79.9. The molecule has 0 saturated carbocycles. The van der Waals surface area contributed by atoms with Crippen LogP contribution in [-0.2, 0) is 16.6 Å². The van der Waals surface area contributed by atoms with Crippen LogP contribution in [0.2, 0.25) is 5.02 Å². The number of nitrogens with zero attached hydrogens (tertiary/aromatic N) is 3. The minimum Gasteiger partial charge on any atom is -0.377 e. The Morgan fingerprint density at radius 1 is 0.950 bits per heavy atom. The van der Waals surface area contributed by atoms with E-state index in [9.17, 15) is 13.2 Å². The number of aryl methyl sites for hydroxylation is 1. The van der Waals surface area contributed by atoms with Crippen molar-refractivity contribution < 1.29 is 13.2 Å². The van der Waals surface area contributed by atoms with Crippen molar-refractivity contribution in [2.24, 2.45) is 5.10 Å². The number of nitrogens with one attached hydrogen (secondary N) is 1. The summed E-state index contributed by atoms with van der Waals surface area (Å²) >= 11 is 9.78. The Bertz CT molecular complexity index is 1640. The van der Waals surface area contributed by atoms with E-state index in [-0.39, 0.29) is 17.3 Å². The second-order valence-electron chi connectivity index (χ2n) is 9.26. The van der Waals surface area contributed by atoms with Gasteiger partial charge in [-0.3, -0.25) is 9.10 Å². The largest absolute Gasteiger partial charge is 0.377 e. The van der Waals surface area contributed by atoms with Crippen molar-refractivity contribution in [3.05, 3.63) is 123 Å². The average molecular weight is 640 g/mol. The predicted molar refractivity (Wildman–Crippen MR) is 166 cm³/mol. The first-order chi connectivity index (χ1) is 19.1. The normalized spacial score (nSPS) is 11.4. The van der Waals surface area contributed by atoms with Gasteiger partial charge in [0, 0.05) is 29.2 Å². The molecule has 0 atom stereocenters. The minimum atomic E-state index is -3.90. The number of rotatable bonds is 9. The smallest absolute Gasteiger partial charge is 0.271 e. The average Bonchev–Trinajstić information content (AvgIpc) is 2.93. The van der Waals surface area contributed by atoms with Gasteiger partial charge >= 0.3 is 0 Å². The van der Waals surface area contributed by atoms with Gasteiger partial charge in [-0.1, -0.05) is 54.1 Å². The summed E-state index contributed by atoms with van der Waals surface area (Å²) in [6, 6.07) is 25.9. The quantitative estimate of drug-likeness (QED) is 0.165. The third-order valence-corrected chi connectivity index (χ3v) is 8.79. The van der Waals surface area contributed by atoms with Crippen LogP contribution in [-0.4, -0.2) is 34.6 Å². The van der Waals surface area contributed by atoms with Crippen LogP contribution in [0.3, 0.4) is 0 Å². The molecule has 4 aromatic carbocycles. The lowest BCUT2D eigenvalue weighted by atomic mass is 10.1. The molecule has 0 aromatic heterocycles. The fourth-order valence-corrected chi connectivity index (χ4v) is 6.44. The molecule has 0 aliphatic heterocycles. The maximum Gasteiger partial charge on any atom is 0.271 e. The van der Waals surface area contributed by atoms with E-state index in [4.69, 9.17) is 11.6 Å². The Labute approximate surface area is 248 Å². The van der Waals surface area contributed by atoms with Crippen LogP contribution in [0.4, 0.5) is 11.4 Å². The Hall–Kier alpha value is -3.66. The van der Waals surface area contributed by atoms with E-state index < -0.39 is 10.0 Å². The first-order valence-electron chi connectivity index (χ1n) is 12.3. The van der Waals surface area contributed by atoms with E-state index in [2.05, 4.69) is 26.5 Å². The fraction of sp³-hybridized carbons (Fsp3) is 0.133. The number of amides is 1. The number of hydrogen-bond donors (Lipinski definition) is 1. The van der Waals surface area contributed by atoms with E-state index in [1.54, 1.807) is 79.0 Å². The lowest BCUT2D eigenvalue weighted by Crippen LogP contribution is -2.31. The summed E-state index contributed by atoms with van der Waals surface area (Å²) < 4.78 is 29.6. The molecule has 10 heteroatoms.